The summed E-state index contributed by atoms with van der Waals surface area (Å²) in [6.45, 7) is 4.02. The van der Waals surface area contributed by atoms with Gasteiger partial charge in [0.1, 0.15) is 0 Å². The Morgan fingerprint density at radius 2 is 1.92 bits per heavy atom. The molecular weight excluding hydrogens is 310 g/mol. The normalized spacial score (nSPS) is 17.8. The zero-order valence-electron chi connectivity index (χ0n) is 15.1. The second kappa shape index (κ2) is 14.0. The third-order valence-corrected chi connectivity index (χ3v) is 3.91. The Kier molecular flexibility index (Phi) is 12.1. The highest BCUT2D eigenvalue weighted by atomic mass is 16.5. The summed E-state index contributed by atoms with van der Waals surface area (Å²) >= 11 is 0. The molecule has 2 N–H and O–H groups in total. The number of nitrogens with one attached hydrogen (secondary N) is 2. The van der Waals surface area contributed by atoms with Crippen molar-refractivity contribution in [3.8, 4) is 0 Å². The highest BCUT2D eigenvalue weighted by Gasteiger charge is 2.15. The average Bonchev–Trinajstić information content (AvgIpc) is 3.11. The molecule has 24 heavy (non-hydrogen) atoms. The second-order valence-electron chi connectivity index (χ2n) is 5.88. The molecule has 1 heterocycles. The number of ether oxygens (including phenoxy) is 3. The second-order valence-corrected chi connectivity index (χ2v) is 5.88. The van der Waals surface area contributed by atoms with Crippen molar-refractivity contribution in [1.29, 1.82) is 0 Å². The number of esters is 1. The molecule has 0 amide bonds. The predicted octanol–water partition coefficient (Wildman–Crippen LogP) is 1.47. The summed E-state index contributed by atoms with van der Waals surface area (Å²) in [5.41, 5.74) is 0. The minimum atomic E-state index is -0.123. The summed E-state index contributed by atoms with van der Waals surface area (Å²) in [5.74, 6) is 0.705. The third-order valence-electron chi connectivity index (χ3n) is 3.91. The van der Waals surface area contributed by atoms with Crippen molar-refractivity contribution in [1.82, 2.24) is 10.6 Å². The SMILES string of the molecule is CN=C(NCCCCCCC(=O)OC)NCCCOC1CCOC1. The van der Waals surface area contributed by atoms with Crippen LogP contribution in [0.3, 0.4) is 0 Å². The van der Waals surface area contributed by atoms with Crippen LogP contribution in [0.1, 0.15) is 44.9 Å². The zero-order chi connectivity index (χ0) is 17.5. The van der Waals surface area contributed by atoms with E-state index in [9.17, 15) is 4.79 Å². The summed E-state index contributed by atoms with van der Waals surface area (Å²) in [7, 11) is 3.21. The number of hydrogen-bond donors (Lipinski definition) is 2. The highest BCUT2D eigenvalue weighted by Crippen LogP contribution is 2.07. The smallest absolute Gasteiger partial charge is 0.305 e. The van der Waals surface area contributed by atoms with E-state index in [1.54, 1.807) is 7.05 Å². The number of carbonyl (C=O) groups excluding carboxylic acids is 1. The molecule has 0 bridgehead atoms. The van der Waals surface area contributed by atoms with Gasteiger partial charge in [-0.15, -0.1) is 0 Å². The highest BCUT2D eigenvalue weighted by molar-refractivity contribution is 5.79. The minimum Gasteiger partial charge on any atom is -0.469 e. The molecule has 0 aliphatic carbocycles. The summed E-state index contributed by atoms with van der Waals surface area (Å²) in [6.07, 6.45) is 6.85. The lowest BCUT2D eigenvalue weighted by atomic mass is 10.1. The molecule has 1 aliphatic heterocycles. The summed E-state index contributed by atoms with van der Waals surface area (Å²) in [4.78, 5) is 15.2. The first-order chi connectivity index (χ1) is 11.8. The molecule has 1 aliphatic rings. The van der Waals surface area contributed by atoms with Crippen LogP contribution in [0.4, 0.5) is 0 Å². The van der Waals surface area contributed by atoms with Crippen LogP contribution in [0, 0.1) is 0 Å². The van der Waals surface area contributed by atoms with Gasteiger partial charge in [0.2, 0.25) is 0 Å². The van der Waals surface area contributed by atoms with E-state index in [2.05, 4.69) is 20.4 Å². The topological polar surface area (TPSA) is 81.2 Å². The predicted molar refractivity (Wildman–Crippen MR) is 94.3 cm³/mol. The molecule has 0 radical (unpaired) electrons. The molecule has 1 atom stereocenters. The van der Waals surface area contributed by atoms with Crippen LogP contribution in [-0.2, 0) is 19.0 Å². The molecule has 0 spiro atoms. The first kappa shape index (κ1) is 20.7. The van der Waals surface area contributed by atoms with E-state index in [0.29, 0.717) is 6.42 Å². The van der Waals surface area contributed by atoms with E-state index in [1.165, 1.54) is 7.11 Å². The molecule has 1 unspecified atom stereocenters. The fourth-order valence-electron chi connectivity index (χ4n) is 2.45. The maximum absolute atomic E-state index is 11.0. The van der Waals surface area contributed by atoms with E-state index in [-0.39, 0.29) is 12.1 Å². The number of rotatable bonds is 12. The number of carbonyl (C=O) groups is 1. The van der Waals surface area contributed by atoms with Crippen LogP contribution < -0.4 is 10.6 Å². The van der Waals surface area contributed by atoms with Gasteiger partial charge in [0, 0.05) is 39.8 Å². The molecule has 1 rings (SSSR count). The summed E-state index contributed by atoms with van der Waals surface area (Å²) < 4.78 is 15.6. The van der Waals surface area contributed by atoms with E-state index in [0.717, 1.165) is 77.4 Å². The minimum absolute atomic E-state index is 0.123. The van der Waals surface area contributed by atoms with Gasteiger partial charge in [-0.05, 0) is 25.7 Å². The van der Waals surface area contributed by atoms with Crippen LogP contribution in [0.2, 0.25) is 0 Å². The van der Waals surface area contributed by atoms with Gasteiger partial charge in [-0.1, -0.05) is 12.8 Å². The molecule has 7 heteroatoms. The van der Waals surface area contributed by atoms with Gasteiger partial charge >= 0.3 is 5.97 Å². The lowest BCUT2D eigenvalue weighted by Gasteiger charge is -2.13. The number of aliphatic imine (C=N–C) groups is 1. The molecular formula is C17H33N3O4. The fourth-order valence-corrected chi connectivity index (χ4v) is 2.45. The van der Waals surface area contributed by atoms with Crippen LogP contribution in [0.5, 0.6) is 0 Å². The van der Waals surface area contributed by atoms with Crippen molar-refractivity contribution in [2.45, 2.75) is 51.0 Å². The first-order valence-electron chi connectivity index (χ1n) is 8.97. The van der Waals surface area contributed by atoms with Crippen molar-refractivity contribution in [3.05, 3.63) is 0 Å². The third kappa shape index (κ3) is 10.4. The fraction of sp³-hybridized carbons (Fsp3) is 0.882. The summed E-state index contributed by atoms with van der Waals surface area (Å²) in [6, 6.07) is 0. The zero-order valence-corrected chi connectivity index (χ0v) is 15.1. The largest absolute Gasteiger partial charge is 0.469 e. The molecule has 140 valence electrons. The van der Waals surface area contributed by atoms with Crippen LogP contribution in [0.15, 0.2) is 4.99 Å². The Morgan fingerprint density at radius 3 is 2.58 bits per heavy atom. The molecule has 0 aromatic heterocycles. The lowest BCUT2D eigenvalue weighted by molar-refractivity contribution is -0.140. The van der Waals surface area contributed by atoms with Crippen molar-refractivity contribution in [2.75, 3.05) is 47.1 Å². The first-order valence-corrected chi connectivity index (χ1v) is 8.97. The van der Waals surface area contributed by atoms with Gasteiger partial charge in [0.15, 0.2) is 5.96 Å². The Morgan fingerprint density at radius 1 is 1.17 bits per heavy atom. The Bertz CT molecular complexity index is 358. The van der Waals surface area contributed by atoms with Crippen LogP contribution >= 0.6 is 0 Å². The molecule has 1 saturated heterocycles. The summed E-state index contributed by atoms with van der Waals surface area (Å²) in [5, 5.41) is 6.58. The van der Waals surface area contributed by atoms with Gasteiger partial charge in [0.05, 0.1) is 19.8 Å². The van der Waals surface area contributed by atoms with Gasteiger partial charge < -0.3 is 24.8 Å². The number of methoxy groups -OCH3 is 1. The maximum Gasteiger partial charge on any atom is 0.305 e. The maximum atomic E-state index is 11.0. The Hall–Kier alpha value is -1.34. The van der Waals surface area contributed by atoms with Gasteiger partial charge in [-0.25, -0.2) is 0 Å². The van der Waals surface area contributed by atoms with E-state index in [4.69, 9.17) is 9.47 Å². The standard InChI is InChI=1S/C17H33N3O4/c1-18-17(19-10-6-4-3-5-8-16(21)22-2)20-11-7-12-24-15-9-13-23-14-15/h15H,3-14H2,1-2H3,(H2,18,19,20). The molecule has 0 saturated carbocycles. The van der Waals surface area contributed by atoms with E-state index in [1.807, 2.05) is 0 Å². The quantitative estimate of drug-likeness (QED) is 0.242. The monoisotopic (exact) mass is 343 g/mol. The Balaban J connectivity index is 1.90. The van der Waals surface area contributed by atoms with Crippen molar-refractivity contribution >= 4 is 11.9 Å². The molecule has 7 nitrogen and oxygen atoms in total. The van der Waals surface area contributed by atoms with Gasteiger partial charge in [-0.2, -0.15) is 0 Å². The van der Waals surface area contributed by atoms with Gasteiger partial charge in [-0.3, -0.25) is 9.79 Å². The van der Waals surface area contributed by atoms with Crippen LogP contribution in [-0.4, -0.2) is 65.1 Å². The molecule has 0 aromatic carbocycles. The number of unbranched alkanes of at least 4 members (excludes halogenated alkanes) is 3. The van der Waals surface area contributed by atoms with E-state index < -0.39 is 0 Å². The van der Waals surface area contributed by atoms with Crippen molar-refractivity contribution in [3.63, 3.8) is 0 Å². The van der Waals surface area contributed by atoms with Crippen molar-refractivity contribution < 1.29 is 19.0 Å². The number of guanidine groups is 1. The van der Waals surface area contributed by atoms with Crippen molar-refractivity contribution in [2.24, 2.45) is 4.99 Å². The van der Waals surface area contributed by atoms with Crippen LogP contribution in [0.25, 0.3) is 0 Å². The molecule has 1 fully saturated rings. The molecule has 0 aromatic rings. The Labute approximate surface area is 145 Å². The average molecular weight is 343 g/mol. The number of hydrogen-bond acceptors (Lipinski definition) is 5. The van der Waals surface area contributed by atoms with E-state index >= 15 is 0 Å². The number of nitrogens with zero attached hydrogens (tertiary/aromatic N) is 1. The van der Waals surface area contributed by atoms with Gasteiger partial charge in [0.25, 0.3) is 0 Å². The lowest BCUT2D eigenvalue weighted by Crippen LogP contribution is -2.38.